The van der Waals surface area contributed by atoms with Crippen LogP contribution in [0.1, 0.15) is 19.3 Å². The van der Waals surface area contributed by atoms with E-state index in [1.807, 2.05) is 18.2 Å². The molecule has 1 atom stereocenters. The highest BCUT2D eigenvalue weighted by atomic mass is 14.4. The third kappa shape index (κ3) is 1.71. The Bertz CT molecular complexity index is 867. The third-order valence-corrected chi connectivity index (χ3v) is 4.82. The molecular formula is C20H14N2. The molecule has 0 heterocycles. The number of rotatable bonds is 0. The quantitative estimate of drug-likeness (QED) is 0.489. The fourth-order valence-electron chi connectivity index (χ4n) is 3.93. The summed E-state index contributed by atoms with van der Waals surface area (Å²) in [5.41, 5.74) is 8.99. The lowest BCUT2D eigenvalue weighted by atomic mass is 9.65. The van der Waals surface area contributed by atoms with E-state index < -0.39 is 0 Å². The molecule has 2 nitrogen and oxygen atoms in total. The van der Waals surface area contributed by atoms with Gasteiger partial charge in [0.15, 0.2) is 0 Å². The summed E-state index contributed by atoms with van der Waals surface area (Å²) in [5.74, 6) is 0.315. The third-order valence-electron chi connectivity index (χ3n) is 4.82. The molecule has 0 saturated heterocycles. The van der Waals surface area contributed by atoms with Gasteiger partial charge in [-0.1, -0.05) is 48.1 Å². The van der Waals surface area contributed by atoms with Crippen molar-refractivity contribution in [2.45, 2.75) is 19.3 Å². The van der Waals surface area contributed by atoms with Crippen LogP contribution in [-0.4, -0.2) is 0 Å². The van der Waals surface area contributed by atoms with Gasteiger partial charge in [0.1, 0.15) is 17.7 Å². The molecule has 1 unspecified atom stereocenters. The van der Waals surface area contributed by atoms with Crippen LogP contribution in [0, 0.1) is 28.6 Å². The van der Waals surface area contributed by atoms with Gasteiger partial charge < -0.3 is 0 Å². The van der Waals surface area contributed by atoms with E-state index in [0.717, 1.165) is 18.4 Å². The SMILES string of the molecule is C=C1C=C2CC=C3CC(=C(C#N)C#N)C=C4C=CC(=C2C43)C1. The highest BCUT2D eigenvalue weighted by Gasteiger charge is 2.36. The second-order valence-corrected chi connectivity index (χ2v) is 6.14. The lowest BCUT2D eigenvalue weighted by molar-refractivity contribution is 0.737. The Kier molecular flexibility index (Phi) is 2.68. The molecule has 0 fully saturated rings. The van der Waals surface area contributed by atoms with Gasteiger partial charge in [0.25, 0.3) is 0 Å². The van der Waals surface area contributed by atoms with Gasteiger partial charge in [0, 0.05) is 5.92 Å². The first-order valence-corrected chi connectivity index (χ1v) is 7.45. The first kappa shape index (κ1) is 12.9. The number of nitriles is 2. The highest BCUT2D eigenvalue weighted by molar-refractivity contribution is 5.66. The second-order valence-electron chi connectivity index (χ2n) is 6.14. The van der Waals surface area contributed by atoms with Crippen molar-refractivity contribution in [3.63, 3.8) is 0 Å². The van der Waals surface area contributed by atoms with Gasteiger partial charge in [-0.15, -0.1) is 0 Å². The molecule has 0 saturated carbocycles. The zero-order valence-electron chi connectivity index (χ0n) is 12.2. The van der Waals surface area contributed by atoms with Crippen LogP contribution >= 0.6 is 0 Å². The van der Waals surface area contributed by atoms with E-state index in [1.165, 1.54) is 33.4 Å². The Labute approximate surface area is 130 Å². The summed E-state index contributed by atoms with van der Waals surface area (Å²) < 4.78 is 0. The van der Waals surface area contributed by atoms with E-state index in [4.69, 9.17) is 10.5 Å². The zero-order chi connectivity index (χ0) is 15.3. The average Bonchev–Trinajstić information content (AvgIpc) is 2.53. The highest BCUT2D eigenvalue weighted by Crippen LogP contribution is 2.51. The fraction of sp³-hybridized carbons (Fsp3) is 0.200. The maximum absolute atomic E-state index is 9.13. The molecule has 4 rings (SSSR count). The number of allylic oxidation sites excluding steroid dienone is 13. The van der Waals surface area contributed by atoms with Crippen molar-refractivity contribution < 1.29 is 0 Å². The van der Waals surface area contributed by atoms with E-state index in [1.54, 1.807) is 0 Å². The van der Waals surface area contributed by atoms with E-state index in [2.05, 4.69) is 30.9 Å². The van der Waals surface area contributed by atoms with Gasteiger partial charge in [0.2, 0.25) is 0 Å². The Morgan fingerprint density at radius 2 is 1.95 bits per heavy atom. The van der Waals surface area contributed by atoms with Crippen molar-refractivity contribution in [3.8, 4) is 12.1 Å². The van der Waals surface area contributed by atoms with Gasteiger partial charge >= 0.3 is 0 Å². The summed E-state index contributed by atoms with van der Waals surface area (Å²) >= 11 is 0. The largest absolute Gasteiger partial charge is 0.192 e. The normalized spacial score (nSPS) is 24.6. The first-order chi connectivity index (χ1) is 10.7. The van der Waals surface area contributed by atoms with Gasteiger partial charge in [-0.25, -0.2) is 0 Å². The maximum Gasteiger partial charge on any atom is 0.133 e. The molecule has 104 valence electrons. The van der Waals surface area contributed by atoms with Crippen LogP contribution in [-0.2, 0) is 0 Å². The summed E-state index contributed by atoms with van der Waals surface area (Å²) in [6.45, 7) is 4.12. The topological polar surface area (TPSA) is 47.6 Å². The zero-order valence-corrected chi connectivity index (χ0v) is 12.2. The Balaban J connectivity index is 1.92. The van der Waals surface area contributed by atoms with E-state index in [9.17, 15) is 0 Å². The predicted octanol–water partition coefficient (Wildman–Crippen LogP) is 4.36. The van der Waals surface area contributed by atoms with Crippen molar-refractivity contribution in [2.75, 3.05) is 0 Å². The predicted molar refractivity (Wildman–Crippen MR) is 85.1 cm³/mol. The van der Waals surface area contributed by atoms with Crippen molar-refractivity contribution >= 4 is 0 Å². The Morgan fingerprint density at radius 1 is 1.14 bits per heavy atom. The van der Waals surface area contributed by atoms with E-state index >= 15 is 0 Å². The molecule has 0 aromatic rings. The molecular weight excluding hydrogens is 268 g/mol. The van der Waals surface area contributed by atoms with E-state index in [0.29, 0.717) is 12.3 Å². The summed E-state index contributed by atoms with van der Waals surface area (Å²) in [5, 5.41) is 18.3. The molecule has 0 bridgehead atoms. The van der Waals surface area contributed by atoms with Crippen LogP contribution in [0.3, 0.4) is 0 Å². The molecule has 0 N–H and O–H groups in total. The van der Waals surface area contributed by atoms with Crippen molar-refractivity contribution in [3.05, 3.63) is 81.5 Å². The monoisotopic (exact) mass is 282 g/mol. The van der Waals surface area contributed by atoms with Gasteiger partial charge in [0.05, 0.1) is 0 Å². The average molecular weight is 282 g/mol. The van der Waals surface area contributed by atoms with Crippen molar-refractivity contribution in [2.24, 2.45) is 5.92 Å². The minimum atomic E-state index is 0.235. The molecule has 4 aliphatic carbocycles. The number of nitrogens with zero attached hydrogens (tertiary/aromatic N) is 2. The standard InChI is InChI=1S/C20H14N2/c1-12-6-13-2-4-15-8-17(18(10-21)11-22)9-16-5-3-14(7-12)19(13)20(15)16/h2,4-5,7-8,20H,1,3,6,9H2. The molecule has 0 aliphatic heterocycles. The molecule has 0 spiro atoms. The summed E-state index contributed by atoms with van der Waals surface area (Å²) in [6.07, 6.45) is 13.4. The summed E-state index contributed by atoms with van der Waals surface area (Å²) in [7, 11) is 0. The Morgan fingerprint density at radius 3 is 2.73 bits per heavy atom. The van der Waals surface area contributed by atoms with E-state index in [-0.39, 0.29) is 5.57 Å². The van der Waals surface area contributed by atoms with Crippen LogP contribution in [0.25, 0.3) is 0 Å². The lowest BCUT2D eigenvalue weighted by Gasteiger charge is -2.39. The minimum absolute atomic E-state index is 0.235. The fourth-order valence-corrected chi connectivity index (χ4v) is 3.93. The van der Waals surface area contributed by atoms with Crippen LogP contribution in [0.2, 0.25) is 0 Å². The van der Waals surface area contributed by atoms with Crippen molar-refractivity contribution in [1.82, 2.24) is 0 Å². The molecule has 0 aromatic carbocycles. The first-order valence-electron chi connectivity index (χ1n) is 7.45. The minimum Gasteiger partial charge on any atom is -0.192 e. The summed E-state index contributed by atoms with van der Waals surface area (Å²) in [4.78, 5) is 0. The second kappa shape index (κ2) is 4.58. The Hall–Kier alpha value is -2.84. The van der Waals surface area contributed by atoms with Gasteiger partial charge in [-0.05, 0) is 47.1 Å². The van der Waals surface area contributed by atoms with Gasteiger partial charge in [-0.3, -0.25) is 0 Å². The molecule has 0 aromatic heterocycles. The smallest absolute Gasteiger partial charge is 0.133 e. The van der Waals surface area contributed by atoms with Crippen LogP contribution in [0.15, 0.2) is 81.5 Å². The summed E-state index contributed by atoms with van der Waals surface area (Å²) in [6, 6.07) is 4.05. The lowest BCUT2D eigenvalue weighted by Crippen LogP contribution is -2.24. The van der Waals surface area contributed by atoms with Crippen LogP contribution < -0.4 is 0 Å². The van der Waals surface area contributed by atoms with Crippen molar-refractivity contribution in [1.29, 1.82) is 10.5 Å². The molecule has 4 aliphatic rings. The number of hydrogen-bond acceptors (Lipinski definition) is 2. The van der Waals surface area contributed by atoms with Gasteiger partial charge in [-0.2, -0.15) is 10.5 Å². The molecule has 0 radical (unpaired) electrons. The molecule has 2 heteroatoms. The maximum atomic E-state index is 9.13. The van der Waals surface area contributed by atoms with Crippen LogP contribution in [0.5, 0.6) is 0 Å². The number of hydrogen-bond donors (Lipinski definition) is 0. The molecule has 22 heavy (non-hydrogen) atoms. The van der Waals surface area contributed by atoms with Crippen LogP contribution in [0.4, 0.5) is 0 Å². The molecule has 0 amide bonds.